The van der Waals surface area contributed by atoms with Crippen LogP contribution in [-0.2, 0) is 11.0 Å². The number of hydrogen-bond acceptors (Lipinski definition) is 3. The Morgan fingerprint density at radius 2 is 1.62 bits per heavy atom. The van der Waals surface area contributed by atoms with Crippen LogP contribution in [0.4, 0.5) is 0 Å². The fourth-order valence-corrected chi connectivity index (χ4v) is 2.17. The fourth-order valence-electron chi connectivity index (χ4n) is 1.63. The van der Waals surface area contributed by atoms with Crippen molar-refractivity contribution in [2.45, 2.75) is 46.3 Å². The molecule has 0 aliphatic carbocycles. The molecule has 4 nitrogen and oxygen atoms in total. The van der Waals surface area contributed by atoms with Gasteiger partial charge in [0.05, 0.1) is 18.0 Å². The van der Waals surface area contributed by atoms with Crippen LogP contribution in [0.2, 0.25) is 0 Å². The molecule has 0 aliphatic heterocycles. The smallest absolute Gasteiger partial charge is 0.144 e. The minimum Gasteiger partial charge on any atom is -0.493 e. The summed E-state index contributed by atoms with van der Waals surface area (Å²) in [5, 5.41) is 0. The summed E-state index contributed by atoms with van der Waals surface area (Å²) >= 11 is 0. The molecule has 0 radical (unpaired) electrons. The molecule has 0 heterocycles. The maximum absolute atomic E-state index is 12.0. The van der Waals surface area contributed by atoms with E-state index in [2.05, 4.69) is 4.40 Å². The second kappa shape index (κ2) is 7.59. The van der Waals surface area contributed by atoms with Crippen molar-refractivity contribution in [2.24, 2.45) is 4.40 Å². The summed E-state index contributed by atoms with van der Waals surface area (Å²) in [5.74, 6) is 1.54. The molecule has 1 atom stereocenters. The van der Waals surface area contributed by atoms with Gasteiger partial charge < -0.3 is 9.47 Å². The first-order valence-corrected chi connectivity index (χ1v) is 8.26. The molecule has 0 bridgehead atoms. The molecule has 0 spiro atoms. The topological polar surface area (TPSA) is 47.9 Å². The Balaban J connectivity index is 3.12. The van der Waals surface area contributed by atoms with Crippen LogP contribution in [0.15, 0.2) is 16.5 Å². The van der Waals surface area contributed by atoms with E-state index in [-0.39, 0.29) is 4.75 Å². The first-order chi connectivity index (χ1) is 9.79. The maximum Gasteiger partial charge on any atom is 0.144 e. The van der Waals surface area contributed by atoms with E-state index in [9.17, 15) is 4.21 Å². The molecule has 21 heavy (non-hydrogen) atoms. The molecular formula is C16H25NO3S. The first-order valence-electron chi connectivity index (χ1n) is 7.15. The monoisotopic (exact) mass is 311 g/mol. The van der Waals surface area contributed by atoms with E-state index in [4.69, 9.17) is 9.47 Å². The second-order valence-electron chi connectivity index (χ2n) is 5.60. The van der Waals surface area contributed by atoms with E-state index in [1.165, 1.54) is 0 Å². The van der Waals surface area contributed by atoms with Gasteiger partial charge >= 0.3 is 0 Å². The van der Waals surface area contributed by atoms with Gasteiger partial charge in [-0.25, -0.2) is 4.21 Å². The van der Waals surface area contributed by atoms with E-state index in [1.54, 1.807) is 6.21 Å². The molecule has 0 N–H and O–H groups in total. The highest BCUT2D eigenvalue weighted by atomic mass is 32.2. The van der Waals surface area contributed by atoms with Gasteiger partial charge in [0.25, 0.3) is 0 Å². The van der Waals surface area contributed by atoms with E-state index < -0.39 is 11.0 Å². The number of hydrogen-bond donors (Lipinski definition) is 0. The molecule has 0 amide bonds. The van der Waals surface area contributed by atoms with Crippen LogP contribution in [0, 0.1) is 6.92 Å². The highest BCUT2D eigenvalue weighted by Gasteiger charge is 2.18. The molecule has 1 aromatic rings. The van der Waals surface area contributed by atoms with Gasteiger partial charge in [0.2, 0.25) is 0 Å². The zero-order valence-electron chi connectivity index (χ0n) is 13.7. The highest BCUT2D eigenvalue weighted by Crippen LogP contribution is 2.29. The van der Waals surface area contributed by atoms with Gasteiger partial charge in [-0.2, -0.15) is 4.40 Å². The van der Waals surface area contributed by atoms with Crippen LogP contribution in [0.3, 0.4) is 0 Å². The molecule has 0 saturated carbocycles. The molecule has 1 aromatic carbocycles. The van der Waals surface area contributed by atoms with E-state index in [0.29, 0.717) is 13.2 Å². The molecule has 1 rings (SSSR count). The van der Waals surface area contributed by atoms with Gasteiger partial charge in [0, 0.05) is 17.3 Å². The second-order valence-corrected chi connectivity index (χ2v) is 7.54. The van der Waals surface area contributed by atoms with Crippen molar-refractivity contribution in [1.82, 2.24) is 0 Å². The van der Waals surface area contributed by atoms with E-state index >= 15 is 0 Å². The lowest BCUT2D eigenvalue weighted by molar-refractivity contribution is 0.319. The van der Waals surface area contributed by atoms with Gasteiger partial charge in [0.15, 0.2) is 0 Å². The zero-order valence-corrected chi connectivity index (χ0v) is 14.5. The van der Waals surface area contributed by atoms with Gasteiger partial charge in [-0.15, -0.1) is 0 Å². The summed E-state index contributed by atoms with van der Waals surface area (Å²) in [6.07, 6.45) is 1.62. The third-order valence-electron chi connectivity index (χ3n) is 2.76. The normalized spacial score (nSPS) is 13.4. The standard InChI is InChI=1S/C16H25NO3S/c1-7-19-14-9-13(10-15(12(14)3)20-8-2)11-17-21(18)16(4,5)6/h9-11H,7-8H2,1-6H3/b17-11+. The van der Waals surface area contributed by atoms with E-state index in [1.807, 2.05) is 53.7 Å². The Morgan fingerprint density at radius 3 is 2.00 bits per heavy atom. The third kappa shape index (κ3) is 5.16. The zero-order chi connectivity index (χ0) is 16.0. The third-order valence-corrected chi connectivity index (χ3v) is 4.10. The Bertz CT molecular complexity index is 506. The van der Waals surface area contributed by atoms with Crippen molar-refractivity contribution in [3.8, 4) is 11.5 Å². The van der Waals surface area contributed by atoms with Crippen LogP contribution >= 0.6 is 0 Å². The molecule has 0 aliphatic rings. The summed E-state index contributed by atoms with van der Waals surface area (Å²) in [6.45, 7) is 12.7. The number of nitrogens with zero attached hydrogens (tertiary/aromatic N) is 1. The fraction of sp³-hybridized carbons (Fsp3) is 0.562. The average Bonchev–Trinajstić information content (AvgIpc) is 2.40. The summed E-state index contributed by atoms with van der Waals surface area (Å²) in [5.41, 5.74) is 1.79. The summed E-state index contributed by atoms with van der Waals surface area (Å²) in [4.78, 5) is 0. The van der Waals surface area contributed by atoms with Crippen LogP contribution in [-0.4, -0.2) is 28.4 Å². The predicted octanol–water partition coefficient (Wildman–Crippen LogP) is 3.67. The van der Waals surface area contributed by atoms with Crippen molar-refractivity contribution in [1.29, 1.82) is 0 Å². The van der Waals surface area contributed by atoms with E-state index in [0.717, 1.165) is 22.6 Å². The van der Waals surface area contributed by atoms with Crippen LogP contribution in [0.5, 0.6) is 11.5 Å². The summed E-state index contributed by atoms with van der Waals surface area (Å²) < 4.78 is 27.0. The lowest BCUT2D eigenvalue weighted by Crippen LogP contribution is -2.19. The summed E-state index contributed by atoms with van der Waals surface area (Å²) in [7, 11) is -1.28. The minimum absolute atomic E-state index is 0.368. The first kappa shape index (κ1) is 17.7. The predicted molar refractivity (Wildman–Crippen MR) is 89.0 cm³/mol. The Labute approximate surface area is 130 Å². The lowest BCUT2D eigenvalue weighted by Gasteiger charge is -2.14. The largest absolute Gasteiger partial charge is 0.493 e. The van der Waals surface area contributed by atoms with Crippen LogP contribution in [0.1, 0.15) is 45.7 Å². The van der Waals surface area contributed by atoms with Gasteiger partial charge in [0.1, 0.15) is 22.5 Å². The molecule has 5 heteroatoms. The van der Waals surface area contributed by atoms with Crippen LogP contribution in [0.25, 0.3) is 0 Å². The van der Waals surface area contributed by atoms with Crippen molar-refractivity contribution in [3.63, 3.8) is 0 Å². The molecule has 0 aromatic heterocycles. The Kier molecular flexibility index (Phi) is 6.40. The Morgan fingerprint density at radius 1 is 1.14 bits per heavy atom. The molecular weight excluding hydrogens is 286 g/mol. The highest BCUT2D eigenvalue weighted by molar-refractivity contribution is 7.85. The average molecular weight is 311 g/mol. The molecule has 1 unspecified atom stereocenters. The number of rotatable bonds is 6. The van der Waals surface area contributed by atoms with Gasteiger partial charge in [-0.05, 0) is 53.7 Å². The van der Waals surface area contributed by atoms with Crippen molar-refractivity contribution < 1.29 is 13.7 Å². The van der Waals surface area contributed by atoms with Crippen molar-refractivity contribution >= 4 is 17.2 Å². The van der Waals surface area contributed by atoms with Crippen molar-refractivity contribution in [2.75, 3.05) is 13.2 Å². The SMILES string of the molecule is CCOc1cc(/C=N/S(=O)C(C)(C)C)cc(OCC)c1C. The van der Waals surface area contributed by atoms with Crippen LogP contribution < -0.4 is 9.47 Å². The minimum atomic E-state index is -1.28. The van der Waals surface area contributed by atoms with Gasteiger partial charge in [-0.3, -0.25) is 0 Å². The molecule has 0 fully saturated rings. The quantitative estimate of drug-likeness (QED) is 0.753. The maximum atomic E-state index is 12.0. The van der Waals surface area contributed by atoms with Crippen molar-refractivity contribution in [3.05, 3.63) is 23.3 Å². The Hall–Kier alpha value is -1.36. The number of benzene rings is 1. The number of ether oxygens (including phenoxy) is 2. The lowest BCUT2D eigenvalue weighted by atomic mass is 10.1. The summed E-state index contributed by atoms with van der Waals surface area (Å²) in [6, 6.07) is 3.79. The molecule has 118 valence electrons. The van der Waals surface area contributed by atoms with Gasteiger partial charge in [-0.1, -0.05) is 0 Å². The molecule has 0 saturated heterocycles.